The minimum atomic E-state index is -0.783. The minimum Gasteiger partial charge on any atom is -0.480 e. The lowest BCUT2D eigenvalue weighted by Gasteiger charge is -2.25. The summed E-state index contributed by atoms with van der Waals surface area (Å²) in [5, 5.41) is 8.93. The molecule has 1 aromatic carbocycles. The number of rotatable bonds is 5. The van der Waals surface area contributed by atoms with Gasteiger partial charge in [0.05, 0.1) is 0 Å². The van der Waals surface area contributed by atoms with Gasteiger partial charge < -0.3 is 5.11 Å². The largest absolute Gasteiger partial charge is 0.480 e. The Hall–Kier alpha value is -0.870. The summed E-state index contributed by atoms with van der Waals surface area (Å²) < 4.78 is 1.05. The van der Waals surface area contributed by atoms with Crippen LogP contribution in [0.15, 0.2) is 28.7 Å². The van der Waals surface area contributed by atoms with Crippen LogP contribution in [0.3, 0.4) is 0 Å². The van der Waals surface area contributed by atoms with E-state index < -0.39 is 12.0 Å². The molecule has 0 aromatic heterocycles. The average Bonchev–Trinajstić information content (AvgIpc) is 2.27. The van der Waals surface area contributed by atoms with E-state index in [1.165, 1.54) is 5.56 Å². The first-order valence-electron chi connectivity index (χ1n) is 5.60. The van der Waals surface area contributed by atoms with E-state index in [2.05, 4.69) is 35.0 Å². The van der Waals surface area contributed by atoms with Gasteiger partial charge >= 0.3 is 5.97 Å². The Morgan fingerprint density at radius 3 is 2.65 bits per heavy atom. The van der Waals surface area contributed by atoms with Crippen LogP contribution in [0.2, 0.25) is 0 Å². The zero-order chi connectivity index (χ0) is 13.0. The van der Waals surface area contributed by atoms with Gasteiger partial charge in [0, 0.05) is 11.0 Å². The number of carbonyl (C=O) groups is 1. The number of carboxylic acids is 1. The second kappa shape index (κ2) is 6.17. The third kappa shape index (κ3) is 4.13. The Kier molecular flexibility index (Phi) is 5.15. The second-order valence-electron chi connectivity index (χ2n) is 4.41. The van der Waals surface area contributed by atoms with E-state index in [9.17, 15) is 4.79 Å². The summed E-state index contributed by atoms with van der Waals surface area (Å²) in [6.07, 6.45) is 0. The topological polar surface area (TPSA) is 40.5 Å². The van der Waals surface area contributed by atoms with Crippen LogP contribution in [0.25, 0.3) is 0 Å². The van der Waals surface area contributed by atoms with Crippen LogP contribution < -0.4 is 0 Å². The van der Waals surface area contributed by atoms with Crippen molar-refractivity contribution in [1.29, 1.82) is 0 Å². The van der Waals surface area contributed by atoms with Crippen LogP contribution in [-0.4, -0.2) is 35.6 Å². The molecule has 2 atom stereocenters. The molecular weight excluding hydrogens is 282 g/mol. The van der Waals surface area contributed by atoms with Gasteiger partial charge in [-0.3, -0.25) is 9.69 Å². The molecule has 0 aliphatic heterocycles. The molecule has 0 heterocycles. The molecule has 0 fully saturated rings. The lowest BCUT2D eigenvalue weighted by atomic mass is 10.0. The van der Waals surface area contributed by atoms with E-state index >= 15 is 0 Å². The Balaban J connectivity index is 2.66. The standard InChI is InChI=1S/C13H18BrNO2/c1-9(8-15(3)10(2)13(16)17)11-5-4-6-12(14)7-11/h4-7,9-10H,8H2,1-3H3,(H,16,17). The number of hydrogen-bond donors (Lipinski definition) is 1. The molecule has 4 heteroatoms. The Morgan fingerprint density at radius 2 is 2.12 bits per heavy atom. The molecule has 0 saturated carbocycles. The maximum absolute atomic E-state index is 10.9. The Bertz CT molecular complexity index is 395. The summed E-state index contributed by atoms with van der Waals surface area (Å²) in [4.78, 5) is 12.7. The number of likely N-dealkylation sites (N-methyl/N-ethyl adjacent to an activating group) is 1. The van der Waals surface area contributed by atoms with E-state index in [0.717, 1.165) is 11.0 Å². The summed E-state index contributed by atoms with van der Waals surface area (Å²) in [6, 6.07) is 7.67. The zero-order valence-corrected chi connectivity index (χ0v) is 11.9. The van der Waals surface area contributed by atoms with Gasteiger partial charge in [-0.2, -0.15) is 0 Å². The van der Waals surface area contributed by atoms with Gasteiger partial charge in [0.25, 0.3) is 0 Å². The van der Waals surface area contributed by atoms with E-state index in [0.29, 0.717) is 5.92 Å². The number of halogens is 1. The van der Waals surface area contributed by atoms with Crippen LogP contribution in [-0.2, 0) is 4.79 Å². The molecule has 2 unspecified atom stereocenters. The third-order valence-electron chi connectivity index (χ3n) is 3.00. The maximum Gasteiger partial charge on any atom is 0.320 e. The van der Waals surface area contributed by atoms with Gasteiger partial charge in [0.1, 0.15) is 6.04 Å². The molecule has 3 nitrogen and oxygen atoms in total. The van der Waals surface area contributed by atoms with E-state index in [1.54, 1.807) is 6.92 Å². The van der Waals surface area contributed by atoms with Crippen molar-refractivity contribution in [2.24, 2.45) is 0 Å². The van der Waals surface area contributed by atoms with Crippen LogP contribution in [0.5, 0.6) is 0 Å². The molecule has 0 amide bonds. The molecular formula is C13H18BrNO2. The molecule has 0 radical (unpaired) electrons. The highest BCUT2D eigenvalue weighted by atomic mass is 79.9. The summed E-state index contributed by atoms with van der Waals surface area (Å²) >= 11 is 3.44. The molecule has 94 valence electrons. The summed E-state index contributed by atoms with van der Waals surface area (Å²) in [6.45, 7) is 4.53. The normalized spacial score (nSPS) is 14.6. The van der Waals surface area contributed by atoms with Crippen molar-refractivity contribution in [2.75, 3.05) is 13.6 Å². The van der Waals surface area contributed by atoms with Crippen molar-refractivity contribution in [2.45, 2.75) is 25.8 Å². The number of nitrogens with zero attached hydrogens (tertiary/aromatic N) is 1. The molecule has 1 aromatic rings. The fourth-order valence-electron chi connectivity index (χ4n) is 1.70. The van der Waals surface area contributed by atoms with Crippen LogP contribution in [0.4, 0.5) is 0 Å². The lowest BCUT2D eigenvalue weighted by molar-refractivity contribution is -0.142. The van der Waals surface area contributed by atoms with Gasteiger partial charge in [-0.25, -0.2) is 0 Å². The Labute approximate surface area is 111 Å². The zero-order valence-electron chi connectivity index (χ0n) is 10.4. The molecule has 0 spiro atoms. The van der Waals surface area contributed by atoms with Crippen molar-refractivity contribution in [1.82, 2.24) is 4.90 Å². The molecule has 1 N–H and O–H groups in total. The van der Waals surface area contributed by atoms with Crippen molar-refractivity contribution in [3.63, 3.8) is 0 Å². The molecule has 1 rings (SSSR count). The quantitative estimate of drug-likeness (QED) is 0.909. The predicted octanol–water partition coefficient (Wildman–Crippen LogP) is 2.96. The monoisotopic (exact) mass is 299 g/mol. The highest BCUT2D eigenvalue weighted by Crippen LogP contribution is 2.20. The SMILES string of the molecule is CC(CN(C)C(C)C(=O)O)c1cccc(Br)c1. The number of benzene rings is 1. The summed E-state index contributed by atoms with van der Waals surface area (Å²) in [7, 11) is 1.84. The van der Waals surface area contributed by atoms with Gasteiger partial charge in [-0.05, 0) is 37.6 Å². The lowest BCUT2D eigenvalue weighted by Crippen LogP contribution is -2.37. The van der Waals surface area contributed by atoms with E-state index in [-0.39, 0.29) is 0 Å². The average molecular weight is 300 g/mol. The first-order chi connectivity index (χ1) is 7.91. The smallest absolute Gasteiger partial charge is 0.320 e. The molecule has 17 heavy (non-hydrogen) atoms. The van der Waals surface area contributed by atoms with E-state index in [4.69, 9.17) is 5.11 Å². The summed E-state index contributed by atoms with van der Waals surface area (Å²) in [5.74, 6) is -0.478. The molecule has 0 bridgehead atoms. The second-order valence-corrected chi connectivity index (χ2v) is 5.33. The third-order valence-corrected chi connectivity index (χ3v) is 3.49. The molecule has 0 aliphatic carbocycles. The maximum atomic E-state index is 10.9. The van der Waals surface area contributed by atoms with Gasteiger partial charge in [-0.15, -0.1) is 0 Å². The highest BCUT2D eigenvalue weighted by molar-refractivity contribution is 9.10. The van der Waals surface area contributed by atoms with Gasteiger partial charge in [0.2, 0.25) is 0 Å². The van der Waals surface area contributed by atoms with Crippen molar-refractivity contribution in [3.8, 4) is 0 Å². The van der Waals surface area contributed by atoms with E-state index in [1.807, 2.05) is 24.1 Å². The highest BCUT2D eigenvalue weighted by Gasteiger charge is 2.19. The van der Waals surface area contributed by atoms with Gasteiger partial charge in [0.15, 0.2) is 0 Å². The van der Waals surface area contributed by atoms with Crippen molar-refractivity contribution >= 4 is 21.9 Å². The summed E-state index contributed by atoms with van der Waals surface area (Å²) in [5.41, 5.74) is 1.21. The van der Waals surface area contributed by atoms with Crippen LogP contribution in [0, 0.1) is 0 Å². The molecule has 0 aliphatic rings. The first-order valence-corrected chi connectivity index (χ1v) is 6.39. The van der Waals surface area contributed by atoms with Crippen molar-refractivity contribution in [3.05, 3.63) is 34.3 Å². The fraction of sp³-hybridized carbons (Fsp3) is 0.462. The number of carboxylic acid groups (broad SMARTS) is 1. The predicted molar refractivity (Wildman–Crippen MR) is 72.3 cm³/mol. The van der Waals surface area contributed by atoms with Crippen LogP contribution >= 0.6 is 15.9 Å². The molecule has 0 saturated heterocycles. The fourth-order valence-corrected chi connectivity index (χ4v) is 2.11. The first kappa shape index (κ1) is 14.2. The number of hydrogen-bond acceptors (Lipinski definition) is 2. The van der Waals surface area contributed by atoms with Crippen LogP contribution in [0.1, 0.15) is 25.3 Å². The minimum absolute atomic E-state index is 0.305. The van der Waals surface area contributed by atoms with Gasteiger partial charge in [-0.1, -0.05) is 35.0 Å². The number of aliphatic carboxylic acids is 1. The van der Waals surface area contributed by atoms with Crippen molar-refractivity contribution < 1.29 is 9.90 Å². The Morgan fingerprint density at radius 1 is 1.47 bits per heavy atom.